The first-order chi connectivity index (χ1) is 30.7. The van der Waals surface area contributed by atoms with Crippen LogP contribution in [-0.2, 0) is 12.8 Å². The third-order valence-electron chi connectivity index (χ3n) is 14.1. The smallest absolute Gasteiger partial charge is 0.0808 e. The van der Waals surface area contributed by atoms with E-state index >= 15 is 0 Å². The van der Waals surface area contributed by atoms with Gasteiger partial charge in [0.25, 0.3) is 0 Å². The number of aromatic nitrogens is 2. The molecule has 11 aromatic rings. The lowest BCUT2D eigenvalue weighted by Crippen LogP contribution is -1.98. The number of hydrogen-bond donors (Lipinski definition) is 0. The molecule has 0 N–H and O–H groups in total. The van der Waals surface area contributed by atoms with Crippen molar-refractivity contribution in [3.63, 3.8) is 0 Å². The number of benzene rings is 9. The van der Waals surface area contributed by atoms with Crippen LogP contribution in [0.2, 0.25) is 0 Å². The maximum Gasteiger partial charge on any atom is 0.0808 e. The predicted octanol–water partition coefficient (Wildman–Crippen LogP) is 17.7. The van der Waals surface area contributed by atoms with Crippen molar-refractivity contribution in [3.05, 3.63) is 145 Å². The molecule has 0 radical (unpaired) electrons. The van der Waals surface area contributed by atoms with Crippen molar-refractivity contribution >= 4 is 86.4 Å². The molecule has 2 aromatic heterocycles. The third-order valence-corrected chi connectivity index (χ3v) is 14.1. The van der Waals surface area contributed by atoms with Crippen molar-refractivity contribution in [2.75, 3.05) is 0 Å². The molecule has 306 valence electrons. The Hall–Kier alpha value is -6.12. The molecule has 0 aliphatic carbocycles. The van der Waals surface area contributed by atoms with Gasteiger partial charge >= 0.3 is 0 Å². The predicted molar refractivity (Wildman–Crippen MR) is 269 cm³/mol. The minimum Gasteiger partial charge on any atom is -0.247 e. The minimum absolute atomic E-state index is 1.02. The van der Waals surface area contributed by atoms with E-state index in [1.807, 2.05) is 0 Å². The normalized spacial score (nSPS) is 12.3. The highest BCUT2D eigenvalue weighted by molar-refractivity contribution is 6.46. The first-order valence-corrected chi connectivity index (χ1v) is 23.8. The van der Waals surface area contributed by atoms with E-state index < -0.39 is 0 Å². The van der Waals surface area contributed by atoms with Gasteiger partial charge in [-0.3, -0.25) is 0 Å². The summed E-state index contributed by atoms with van der Waals surface area (Å²) in [4.78, 5) is 11.6. The number of pyridine rings is 2. The van der Waals surface area contributed by atoms with E-state index in [1.165, 1.54) is 164 Å². The summed E-state index contributed by atoms with van der Waals surface area (Å²) in [5.74, 6) is 0. The van der Waals surface area contributed by atoms with E-state index in [0.717, 1.165) is 46.4 Å². The molecule has 2 heterocycles. The summed E-state index contributed by atoms with van der Waals surface area (Å²) < 4.78 is 0. The lowest BCUT2D eigenvalue weighted by atomic mass is 9.84. The zero-order valence-electron chi connectivity index (χ0n) is 36.5. The Labute approximate surface area is 365 Å². The number of nitrogens with zero attached hydrogens (tertiary/aromatic N) is 2. The number of aryl methyl sites for hydroxylation is 2. The first-order valence-electron chi connectivity index (χ1n) is 23.8. The Balaban J connectivity index is 1.15. The van der Waals surface area contributed by atoms with Crippen LogP contribution in [0.4, 0.5) is 0 Å². The fourth-order valence-corrected chi connectivity index (χ4v) is 10.9. The standard InChI is InChI=1S/C60H56N2/c1-3-5-7-9-11-13-19-39-29-33-41(34-30-39)51-37-49-45-25-15-21-43-23-18-28-48(53(43)45)56-57(49)59(61-51)55-47-27-17-24-44-22-16-26-46(54(44)47)50-38-52(62-60(56)58(50)55)42-35-31-40(32-36-42)20-14-12-10-8-6-4-2/h15-18,21-38H,3-14,19-20H2,1-2H3. The molecule has 0 saturated heterocycles. The van der Waals surface area contributed by atoms with Crippen LogP contribution in [0.5, 0.6) is 0 Å². The first kappa shape index (κ1) is 38.8. The van der Waals surface area contributed by atoms with Gasteiger partial charge in [0.05, 0.1) is 22.4 Å². The molecule has 0 aliphatic heterocycles. The van der Waals surface area contributed by atoms with Gasteiger partial charge in [-0.2, -0.15) is 0 Å². The molecule has 0 unspecified atom stereocenters. The van der Waals surface area contributed by atoms with Crippen molar-refractivity contribution in [3.8, 4) is 22.5 Å². The highest BCUT2D eigenvalue weighted by Crippen LogP contribution is 2.50. The second-order valence-electron chi connectivity index (χ2n) is 18.2. The van der Waals surface area contributed by atoms with Crippen LogP contribution in [0.25, 0.3) is 109 Å². The highest BCUT2D eigenvalue weighted by Gasteiger charge is 2.25. The molecule has 62 heavy (non-hydrogen) atoms. The maximum absolute atomic E-state index is 5.78. The van der Waals surface area contributed by atoms with Gasteiger partial charge in [0.15, 0.2) is 0 Å². The molecule has 0 aliphatic rings. The lowest BCUT2D eigenvalue weighted by Gasteiger charge is -2.22. The fraction of sp³-hybridized carbons (Fsp3) is 0.267. The summed E-state index contributed by atoms with van der Waals surface area (Å²) in [5.41, 5.74) is 9.34. The lowest BCUT2D eigenvalue weighted by molar-refractivity contribution is 0.607. The minimum atomic E-state index is 1.02. The van der Waals surface area contributed by atoms with Crippen molar-refractivity contribution in [1.82, 2.24) is 9.97 Å². The summed E-state index contributed by atoms with van der Waals surface area (Å²) in [6, 6.07) is 50.6. The largest absolute Gasteiger partial charge is 0.247 e. The average Bonchev–Trinajstić information content (AvgIpc) is 3.32. The molecule has 0 saturated carbocycles. The Bertz CT molecular complexity index is 3120. The van der Waals surface area contributed by atoms with Crippen LogP contribution < -0.4 is 0 Å². The Morgan fingerprint density at radius 3 is 1.08 bits per heavy atom. The van der Waals surface area contributed by atoms with Gasteiger partial charge in [0.2, 0.25) is 0 Å². The topological polar surface area (TPSA) is 25.8 Å². The average molecular weight is 805 g/mol. The molecule has 0 amide bonds. The molecule has 0 atom stereocenters. The van der Waals surface area contributed by atoms with Crippen LogP contribution in [0.1, 0.15) is 102 Å². The molecule has 0 spiro atoms. The molecule has 0 fully saturated rings. The zero-order chi connectivity index (χ0) is 41.6. The molecule has 2 heteroatoms. The summed E-state index contributed by atoms with van der Waals surface area (Å²) in [7, 11) is 0. The van der Waals surface area contributed by atoms with E-state index in [4.69, 9.17) is 9.97 Å². The SMILES string of the molecule is CCCCCCCCc1ccc(-c2cc3c4cccc5cccc(c54)c4c5nc(-c6ccc(CCCCCCCC)cc6)cc6c7cccc8cccc(c87)c(c(n2)c34)c65)cc1. The van der Waals surface area contributed by atoms with Gasteiger partial charge in [-0.15, -0.1) is 0 Å². The summed E-state index contributed by atoms with van der Waals surface area (Å²) in [6.45, 7) is 4.58. The second kappa shape index (κ2) is 16.6. The van der Waals surface area contributed by atoms with Crippen LogP contribution in [0.3, 0.4) is 0 Å². The van der Waals surface area contributed by atoms with Crippen molar-refractivity contribution in [2.24, 2.45) is 0 Å². The van der Waals surface area contributed by atoms with E-state index in [2.05, 4.69) is 147 Å². The number of fused-ring (bicyclic) bond motifs is 6. The van der Waals surface area contributed by atoms with Crippen molar-refractivity contribution in [2.45, 2.75) is 104 Å². The summed E-state index contributed by atoms with van der Waals surface area (Å²) in [5, 5.41) is 17.5. The van der Waals surface area contributed by atoms with E-state index in [0.29, 0.717) is 0 Å². The zero-order valence-corrected chi connectivity index (χ0v) is 36.5. The van der Waals surface area contributed by atoms with Gasteiger partial charge in [-0.1, -0.05) is 199 Å². The van der Waals surface area contributed by atoms with E-state index in [1.54, 1.807) is 0 Å². The molecular weight excluding hydrogens is 749 g/mol. The number of unbranched alkanes of at least 4 members (excludes halogenated alkanes) is 10. The van der Waals surface area contributed by atoms with Gasteiger partial charge in [-0.25, -0.2) is 9.97 Å². The third kappa shape index (κ3) is 6.71. The van der Waals surface area contributed by atoms with Gasteiger partial charge < -0.3 is 0 Å². The summed E-state index contributed by atoms with van der Waals surface area (Å²) >= 11 is 0. The van der Waals surface area contributed by atoms with Crippen LogP contribution in [-0.4, -0.2) is 9.97 Å². The van der Waals surface area contributed by atoms with Crippen molar-refractivity contribution in [1.29, 1.82) is 0 Å². The van der Waals surface area contributed by atoms with Crippen molar-refractivity contribution < 1.29 is 0 Å². The Kier molecular flexibility index (Phi) is 10.4. The Morgan fingerprint density at radius 1 is 0.323 bits per heavy atom. The van der Waals surface area contributed by atoms with Crippen LogP contribution in [0.15, 0.2) is 133 Å². The Morgan fingerprint density at radius 2 is 0.677 bits per heavy atom. The number of hydrogen-bond acceptors (Lipinski definition) is 2. The monoisotopic (exact) mass is 804 g/mol. The second-order valence-corrected chi connectivity index (χ2v) is 18.2. The molecular formula is C60H56N2. The van der Waals surface area contributed by atoms with Gasteiger partial charge in [0, 0.05) is 32.7 Å². The highest BCUT2D eigenvalue weighted by atomic mass is 14.7. The quantitative estimate of drug-likeness (QED) is 0.0552. The number of rotatable bonds is 16. The molecule has 2 nitrogen and oxygen atoms in total. The summed E-state index contributed by atoms with van der Waals surface area (Å²) in [6.07, 6.45) is 18.1. The van der Waals surface area contributed by atoms with Gasteiger partial charge in [0.1, 0.15) is 0 Å². The van der Waals surface area contributed by atoms with Crippen LogP contribution >= 0.6 is 0 Å². The van der Waals surface area contributed by atoms with E-state index in [-0.39, 0.29) is 0 Å². The molecule has 9 aromatic carbocycles. The molecule has 11 rings (SSSR count). The van der Waals surface area contributed by atoms with Gasteiger partial charge in [-0.05, 0) is 103 Å². The van der Waals surface area contributed by atoms with Crippen LogP contribution in [0, 0.1) is 0 Å². The molecule has 0 bridgehead atoms. The fourth-order valence-electron chi connectivity index (χ4n) is 10.9. The van der Waals surface area contributed by atoms with E-state index in [9.17, 15) is 0 Å². The maximum atomic E-state index is 5.78.